The minimum Gasteiger partial charge on any atom is -0.481 e. The fourth-order valence-electron chi connectivity index (χ4n) is 4.72. The van der Waals surface area contributed by atoms with E-state index in [-0.39, 0.29) is 50.0 Å². The zero-order valence-electron chi connectivity index (χ0n) is 22.3. The Labute approximate surface area is 236 Å². The van der Waals surface area contributed by atoms with Gasteiger partial charge in [-0.05, 0) is 42.3 Å². The van der Waals surface area contributed by atoms with E-state index in [2.05, 4.69) is 5.10 Å². The lowest BCUT2D eigenvalue weighted by Crippen LogP contribution is -2.49. The molecule has 4 aromatic rings. The van der Waals surface area contributed by atoms with Crippen molar-refractivity contribution in [1.29, 1.82) is 0 Å². The van der Waals surface area contributed by atoms with Crippen molar-refractivity contribution in [3.05, 3.63) is 112 Å². The van der Waals surface area contributed by atoms with Crippen LogP contribution in [0, 0.1) is 18.6 Å². The number of sulfonamides is 1. The Hall–Kier alpha value is -4.29. The summed E-state index contributed by atoms with van der Waals surface area (Å²) in [5, 5.41) is 4.17. The number of piperazine rings is 1. The van der Waals surface area contributed by atoms with Crippen LogP contribution in [0.4, 0.5) is 20.2 Å². The van der Waals surface area contributed by atoms with Gasteiger partial charge in [0.15, 0.2) is 0 Å². The highest BCUT2D eigenvalue weighted by Gasteiger charge is 2.29. The second-order valence-electron chi connectivity index (χ2n) is 9.87. The van der Waals surface area contributed by atoms with Crippen molar-refractivity contribution in [1.82, 2.24) is 14.1 Å². The first-order chi connectivity index (χ1) is 19.6. The third-order valence-electron chi connectivity index (χ3n) is 6.77. The van der Waals surface area contributed by atoms with E-state index in [0.717, 1.165) is 27.9 Å². The molecule has 3 aromatic carbocycles. The molecule has 0 spiro atoms. The molecule has 12 heteroatoms. The molecule has 0 saturated carbocycles. The van der Waals surface area contributed by atoms with Gasteiger partial charge >= 0.3 is 5.56 Å². The summed E-state index contributed by atoms with van der Waals surface area (Å²) in [6, 6.07) is 17.0. The van der Waals surface area contributed by atoms with Crippen LogP contribution in [0.25, 0.3) is 5.69 Å². The first-order valence-electron chi connectivity index (χ1n) is 12.9. The van der Waals surface area contributed by atoms with Gasteiger partial charge in [-0.3, -0.25) is 4.79 Å². The molecule has 1 saturated heterocycles. The number of anilines is 2. The van der Waals surface area contributed by atoms with Crippen LogP contribution in [-0.2, 0) is 22.4 Å². The SMILES string of the molecule is Cc1cccc(COc2c(N3CCN(S(=O)(=O)Cc4ccc(N)cc4)CC3)cnn(-c3cc(F)cc(F)c3)c2=O)c1. The number of benzene rings is 3. The molecule has 1 aromatic heterocycles. The maximum absolute atomic E-state index is 13.9. The Kier molecular flexibility index (Phi) is 8.04. The lowest BCUT2D eigenvalue weighted by molar-refractivity contribution is 0.297. The lowest BCUT2D eigenvalue weighted by atomic mass is 10.1. The van der Waals surface area contributed by atoms with Crippen molar-refractivity contribution < 1.29 is 21.9 Å². The van der Waals surface area contributed by atoms with Crippen LogP contribution in [0.5, 0.6) is 5.75 Å². The van der Waals surface area contributed by atoms with Crippen molar-refractivity contribution in [3.8, 4) is 11.4 Å². The number of halogens is 2. The van der Waals surface area contributed by atoms with Crippen LogP contribution in [-0.4, -0.2) is 48.7 Å². The van der Waals surface area contributed by atoms with Gasteiger partial charge in [-0.25, -0.2) is 17.2 Å². The minimum absolute atomic E-state index is 0.0515. The van der Waals surface area contributed by atoms with Crippen LogP contribution in [0.3, 0.4) is 0 Å². The normalized spacial score (nSPS) is 14.3. The molecule has 1 aliphatic heterocycles. The Morgan fingerprint density at radius 3 is 2.27 bits per heavy atom. The molecule has 0 radical (unpaired) electrons. The average Bonchev–Trinajstić information content (AvgIpc) is 2.93. The van der Waals surface area contributed by atoms with Crippen LogP contribution in [0.1, 0.15) is 16.7 Å². The molecule has 0 bridgehead atoms. The summed E-state index contributed by atoms with van der Waals surface area (Å²) in [6.45, 7) is 2.94. The van der Waals surface area contributed by atoms with E-state index in [9.17, 15) is 22.0 Å². The number of nitrogens with zero attached hydrogens (tertiary/aromatic N) is 4. The first kappa shape index (κ1) is 28.2. The predicted molar refractivity (Wildman–Crippen MR) is 153 cm³/mol. The van der Waals surface area contributed by atoms with Gasteiger partial charge in [0.25, 0.3) is 0 Å². The standard InChI is InChI=1S/C29H29F2N5O4S/c1-20-3-2-4-22(13-20)18-40-28-27(17-33-36(29(28)37)26-15-23(30)14-24(31)16-26)34-9-11-35(12-10-34)41(38,39)19-21-5-7-25(32)8-6-21/h2-8,13-17H,9-12,18-19,32H2,1H3. The number of nitrogens with two attached hydrogens (primary N) is 1. The van der Waals surface area contributed by atoms with Gasteiger partial charge in [0.05, 0.1) is 17.6 Å². The van der Waals surface area contributed by atoms with Crippen molar-refractivity contribution in [3.63, 3.8) is 0 Å². The molecule has 0 atom stereocenters. The molecule has 0 unspecified atom stereocenters. The van der Waals surface area contributed by atoms with E-state index in [1.807, 2.05) is 36.1 Å². The monoisotopic (exact) mass is 581 g/mol. The molecule has 2 heterocycles. The minimum atomic E-state index is -3.59. The Bertz CT molecular complexity index is 1700. The van der Waals surface area contributed by atoms with Crippen molar-refractivity contribution in [2.45, 2.75) is 19.3 Å². The van der Waals surface area contributed by atoms with Gasteiger partial charge in [-0.1, -0.05) is 42.0 Å². The quantitative estimate of drug-likeness (QED) is 0.317. The van der Waals surface area contributed by atoms with Crippen molar-refractivity contribution >= 4 is 21.4 Å². The van der Waals surface area contributed by atoms with Gasteiger partial charge in [0, 0.05) is 37.9 Å². The van der Waals surface area contributed by atoms with E-state index in [0.29, 0.717) is 23.0 Å². The zero-order valence-corrected chi connectivity index (χ0v) is 23.2. The molecule has 1 aliphatic rings. The number of ether oxygens (including phenoxy) is 1. The molecule has 214 valence electrons. The fourth-order valence-corrected chi connectivity index (χ4v) is 6.23. The van der Waals surface area contributed by atoms with Crippen molar-refractivity contribution in [2.24, 2.45) is 0 Å². The molecule has 41 heavy (non-hydrogen) atoms. The average molecular weight is 582 g/mol. The maximum Gasteiger partial charge on any atom is 0.316 e. The Morgan fingerprint density at radius 1 is 0.927 bits per heavy atom. The van der Waals surface area contributed by atoms with Crippen LogP contribution < -0.4 is 20.9 Å². The number of aromatic nitrogens is 2. The van der Waals surface area contributed by atoms with E-state index < -0.39 is 27.2 Å². The van der Waals surface area contributed by atoms with E-state index in [4.69, 9.17) is 10.5 Å². The molecule has 9 nitrogen and oxygen atoms in total. The summed E-state index contributed by atoms with van der Waals surface area (Å²) < 4.78 is 62.3. The zero-order chi connectivity index (χ0) is 29.1. The van der Waals surface area contributed by atoms with Gasteiger partial charge in [-0.2, -0.15) is 14.1 Å². The first-order valence-corrected chi connectivity index (χ1v) is 14.5. The number of aryl methyl sites for hydroxylation is 1. The van der Waals surface area contributed by atoms with Gasteiger partial charge in [-0.15, -0.1) is 0 Å². The second kappa shape index (κ2) is 11.7. The molecular formula is C29H29F2N5O4S. The molecule has 1 fully saturated rings. The highest BCUT2D eigenvalue weighted by molar-refractivity contribution is 7.88. The topological polar surface area (TPSA) is 111 Å². The fraction of sp³-hybridized carbons (Fsp3) is 0.241. The smallest absolute Gasteiger partial charge is 0.316 e. The summed E-state index contributed by atoms with van der Waals surface area (Å²) >= 11 is 0. The Balaban J connectivity index is 1.41. The van der Waals surface area contributed by atoms with E-state index >= 15 is 0 Å². The van der Waals surface area contributed by atoms with Crippen LogP contribution in [0.2, 0.25) is 0 Å². The highest BCUT2D eigenvalue weighted by Crippen LogP contribution is 2.27. The lowest BCUT2D eigenvalue weighted by Gasteiger charge is -2.35. The van der Waals surface area contributed by atoms with Crippen molar-refractivity contribution in [2.75, 3.05) is 36.8 Å². The van der Waals surface area contributed by atoms with Crippen LogP contribution in [0.15, 0.2) is 77.7 Å². The third-order valence-corrected chi connectivity index (χ3v) is 8.62. The Morgan fingerprint density at radius 2 is 1.61 bits per heavy atom. The third kappa shape index (κ3) is 6.55. The van der Waals surface area contributed by atoms with Crippen LogP contribution >= 0.6 is 0 Å². The number of hydrogen-bond acceptors (Lipinski definition) is 7. The summed E-state index contributed by atoms with van der Waals surface area (Å²) in [4.78, 5) is 15.4. The number of nitrogen functional groups attached to an aromatic ring is 1. The van der Waals surface area contributed by atoms with E-state index in [1.54, 1.807) is 24.3 Å². The predicted octanol–water partition coefficient (Wildman–Crippen LogP) is 3.63. The maximum atomic E-state index is 13.9. The highest BCUT2D eigenvalue weighted by atomic mass is 32.2. The van der Waals surface area contributed by atoms with E-state index in [1.165, 1.54) is 10.5 Å². The van der Waals surface area contributed by atoms with Gasteiger partial charge in [0.1, 0.15) is 23.9 Å². The molecule has 5 rings (SSSR count). The van der Waals surface area contributed by atoms with Gasteiger partial charge in [0.2, 0.25) is 15.8 Å². The largest absolute Gasteiger partial charge is 0.481 e. The number of hydrogen-bond donors (Lipinski definition) is 1. The molecule has 2 N–H and O–H groups in total. The second-order valence-corrected chi connectivity index (χ2v) is 11.8. The molecular weight excluding hydrogens is 552 g/mol. The summed E-state index contributed by atoms with van der Waals surface area (Å²) in [5.74, 6) is -1.91. The van der Waals surface area contributed by atoms with Gasteiger partial charge < -0.3 is 15.4 Å². The summed E-state index contributed by atoms with van der Waals surface area (Å²) in [7, 11) is -3.59. The molecule has 0 aliphatic carbocycles. The number of rotatable bonds is 8. The summed E-state index contributed by atoms with van der Waals surface area (Å²) in [6.07, 6.45) is 1.40. The summed E-state index contributed by atoms with van der Waals surface area (Å²) in [5.41, 5.74) is 8.33. The molecule has 0 amide bonds.